The third kappa shape index (κ3) is 4.77. The van der Waals surface area contributed by atoms with E-state index >= 15 is 0 Å². The average molecular weight is 362 g/mol. The van der Waals surface area contributed by atoms with Crippen LogP contribution in [0.1, 0.15) is 38.7 Å². The topological polar surface area (TPSA) is 9.23 Å². The molecule has 1 nitrogen and oxygen atoms in total. The highest BCUT2D eigenvalue weighted by molar-refractivity contribution is 5.89. The minimum Gasteiger partial charge on any atom is -0.486 e. The second-order valence-electron chi connectivity index (χ2n) is 6.85. The van der Waals surface area contributed by atoms with Gasteiger partial charge < -0.3 is 4.74 Å². The Kier molecular flexibility index (Phi) is 6.64. The molecule has 140 valence electrons. The second kappa shape index (κ2) is 9.36. The lowest BCUT2D eigenvalue weighted by Gasteiger charge is -2.10. The molecule has 0 unspecified atom stereocenters. The summed E-state index contributed by atoms with van der Waals surface area (Å²) in [5.41, 5.74) is 3.64. The number of hydrogen-bond acceptors (Lipinski definition) is 1. The molecule has 0 heterocycles. The Bertz CT molecular complexity index is 910. The summed E-state index contributed by atoms with van der Waals surface area (Å²) >= 11 is 0. The van der Waals surface area contributed by atoms with Crippen LogP contribution in [-0.4, -0.2) is 6.61 Å². The Balaban J connectivity index is 1.81. The van der Waals surface area contributed by atoms with Crippen LogP contribution in [0.5, 0.6) is 5.75 Å². The number of allylic oxidation sites excluding steroid dienone is 1. The highest BCUT2D eigenvalue weighted by Gasteiger charge is 2.09. The van der Waals surface area contributed by atoms with Crippen LogP contribution in [0.4, 0.5) is 4.39 Å². The van der Waals surface area contributed by atoms with Crippen LogP contribution in [-0.2, 0) is 6.42 Å². The molecule has 0 bridgehead atoms. The summed E-state index contributed by atoms with van der Waals surface area (Å²) in [6.45, 7) is 4.52. The normalized spacial score (nSPS) is 11.4. The summed E-state index contributed by atoms with van der Waals surface area (Å²) in [7, 11) is 0. The van der Waals surface area contributed by atoms with Gasteiger partial charge >= 0.3 is 0 Å². The zero-order chi connectivity index (χ0) is 19.1. The van der Waals surface area contributed by atoms with Crippen LogP contribution in [0.3, 0.4) is 0 Å². The van der Waals surface area contributed by atoms with Crippen molar-refractivity contribution in [2.24, 2.45) is 0 Å². The van der Waals surface area contributed by atoms with Gasteiger partial charge in [-0.2, -0.15) is 0 Å². The molecule has 0 aromatic heterocycles. The zero-order valence-corrected chi connectivity index (χ0v) is 16.2. The van der Waals surface area contributed by atoms with Crippen molar-refractivity contribution >= 4 is 10.8 Å². The Hall–Kier alpha value is -2.61. The first-order valence-electron chi connectivity index (χ1n) is 9.78. The molecule has 0 saturated carbocycles. The van der Waals surface area contributed by atoms with E-state index in [4.69, 9.17) is 4.74 Å². The summed E-state index contributed by atoms with van der Waals surface area (Å²) in [6.07, 6.45) is 8.64. The monoisotopic (exact) mass is 362 g/mol. The van der Waals surface area contributed by atoms with Crippen LogP contribution in [0, 0.1) is 5.82 Å². The zero-order valence-electron chi connectivity index (χ0n) is 16.2. The average Bonchev–Trinajstić information content (AvgIpc) is 2.70. The fraction of sp³-hybridized carbons (Fsp3) is 0.280. The first kappa shape index (κ1) is 19.2. The van der Waals surface area contributed by atoms with E-state index in [9.17, 15) is 4.39 Å². The van der Waals surface area contributed by atoms with E-state index < -0.39 is 0 Å². The first-order chi connectivity index (χ1) is 13.2. The summed E-state index contributed by atoms with van der Waals surface area (Å²) < 4.78 is 20.2. The molecule has 3 aromatic rings. The van der Waals surface area contributed by atoms with Crippen LogP contribution >= 0.6 is 0 Å². The lowest BCUT2D eigenvalue weighted by molar-refractivity contribution is 0.343. The predicted octanol–water partition coefficient (Wildman–Crippen LogP) is 7.33. The molecule has 3 rings (SSSR count). The van der Waals surface area contributed by atoms with Gasteiger partial charge in [0, 0.05) is 5.39 Å². The van der Waals surface area contributed by atoms with Crippen molar-refractivity contribution in [2.45, 2.75) is 39.5 Å². The van der Waals surface area contributed by atoms with E-state index in [0.717, 1.165) is 22.9 Å². The number of unbranched alkanes of at least 4 members (excludes halogenated alkanes) is 2. The van der Waals surface area contributed by atoms with Crippen LogP contribution in [0.25, 0.3) is 21.9 Å². The summed E-state index contributed by atoms with van der Waals surface area (Å²) in [5.74, 6) is -0.000364. The van der Waals surface area contributed by atoms with Gasteiger partial charge in [-0.15, -0.1) is 0 Å². The Morgan fingerprint density at radius 2 is 1.70 bits per heavy atom. The number of aryl methyl sites for hydroxylation is 1. The van der Waals surface area contributed by atoms with Gasteiger partial charge in [0.25, 0.3) is 0 Å². The number of rotatable bonds is 8. The van der Waals surface area contributed by atoms with E-state index in [1.165, 1.54) is 24.8 Å². The molecule has 0 spiro atoms. The molecule has 0 aliphatic rings. The first-order valence-corrected chi connectivity index (χ1v) is 9.78. The molecule has 0 saturated heterocycles. The maximum atomic E-state index is 14.7. The van der Waals surface area contributed by atoms with Gasteiger partial charge in [0.15, 0.2) is 11.6 Å². The van der Waals surface area contributed by atoms with Gasteiger partial charge in [-0.05, 0) is 54.0 Å². The Morgan fingerprint density at radius 3 is 2.44 bits per heavy atom. The number of halogens is 1. The molecule has 0 atom stereocenters. The molecule has 3 aromatic carbocycles. The van der Waals surface area contributed by atoms with Crippen molar-refractivity contribution in [1.82, 2.24) is 0 Å². The molecule has 0 fully saturated rings. The molecule has 0 radical (unpaired) electrons. The third-order valence-electron chi connectivity index (χ3n) is 4.85. The van der Waals surface area contributed by atoms with E-state index in [-0.39, 0.29) is 5.82 Å². The largest absolute Gasteiger partial charge is 0.486 e. The fourth-order valence-corrected chi connectivity index (χ4v) is 3.24. The highest BCUT2D eigenvalue weighted by Crippen LogP contribution is 2.30. The van der Waals surface area contributed by atoms with Crippen molar-refractivity contribution in [3.8, 4) is 16.9 Å². The number of ether oxygens (including phenoxy) is 1. The molecule has 27 heavy (non-hydrogen) atoms. The van der Waals surface area contributed by atoms with Crippen LogP contribution in [0.15, 0.2) is 66.7 Å². The number of fused-ring (bicyclic) bond motifs is 1. The number of hydrogen-bond donors (Lipinski definition) is 0. The van der Waals surface area contributed by atoms with Gasteiger partial charge in [-0.3, -0.25) is 0 Å². The van der Waals surface area contributed by atoms with E-state index in [1.54, 1.807) is 6.07 Å². The second-order valence-corrected chi connectivity index (χ2v) is 6.85. The molecule has 2 heteroatoms. The van der Waals surface area contributed by atoms with E-state index in [0.29, 0.717) is 17.7 Å². The van der Waals surface area contributed by atoms with Crippen LogP contribution in [0.2, 0.25) is 0 Å². The van der Waals surface area contributed by atoms with Gasteiger partial charge in [-0.1, -0.05) is 74.4 Å². The van der Waals surface area contributed by atoms with Crippen molar-refractivity contribution in [3.05, 3.63) is 78.1 Å². The molecular formula is C25H27FO. The maximum Gasteiger partial charge on any atom is 0.172 e. The molecule has 0 aliphatic heterocycles. The standard InChI is InChI=1S/C25H27FO/c1-3-5-7-8-19-9-11-20(12-10-19)21-13-15-23-22(18-21)14-16-24(25(23)26)27-17-6-4-2/h4,6,9-16,18H,3,5,7-8,17H2,1-2H3. The lowest BCUT2D eigenvalue weighted by Crippen LogP contribution is -1.96. The lowest BCUT2D eigenvalue weighted by atomic mass is 9.98. The summed E-state index contributed by atoms with van der Waals surface area (Å²) in [4.78, 5) is 0. The highest BCUT2D eigenvalue weighted by atomic mass is 19.1. The summed E-state index contributed by atoms with van der Waals surface area (Å²) in [6, 6.07) is 18.2. The maximum absolute atomic E-state index is 14.7. The summed E-state index contributed by atoms with van der Waals surface area (Å²) in [5, 5.41) is 1.48. The molecule has 0 N–H and O–H groups in total. The van der Waals surface area contributed by atoms with Crippen molar-refractivity contribution in [1.29, 1.82) is 0 Å². The van der Waals surface area contributed by atoms with Crippen molar-refractivity contribution < 1.29 is 9.13 Å². The van der Waals surface area contributed by atoms with E-state index in [1.807, 2.05) is 43.3 Å². The minimum atomic E-state index is -0.296. The SMILES string of the molecule is CC=CCOc1ccc2cc(-c3ccc(CCCCC)cc3)ccc2c1F. The Labute approximate surface area is 161 Å². The van der Waals surface area contributed by atoms with Gasteiger partial charge in [0.1, 0.15) is 6.61 Å². The van der Waals surface area contributed by atoms with E-state index in [2.05, 4.69) is 31.2 Å². The smallest absolute Gasteiger partial charge is 0.172 e. The Morgan fingerprint density at radius 1 is 0.926 bits per heavy atom. The molecule has 0 aliphatic carbocycles. The molecular weight excluding hydrogens is 335 g/mol. The van der Waals surface area contributed by atoms with Crippen molar-refractivity contribution in [3.63, 3.8) is 0 Å². The molecule has 0 amide bonds. The fourth-order valence-electron chi connectivity index (χ4n) is 3.24. The van der Waals surface area contributed by atoms with Gasteiger partial charge in [0.2, 0.25) is 0 Å². The number of benzene rings is 3. The quantitative estimate of drug-likeness (QED) is 0.301. The van der Waals surface area contributed by atoms with Gasteiger partial charge in [-0.25, -0.2) is 4.39 Å². The third-order valence-corrected chi connectivity index (χ3v) is 4.85. The van der Waals surface area contributed by atoms with Crippen molar-refractivity contribution in [2.75, 3.05) is 6.61 Å². The van der Waals surface area contributed by atoms with Gasteiger partial charge in [0.05, 0.1) is 0 Å². The minimum absolute atomic E-state index is 0.296. The predicted molar refractivity (Wildman–Crippen MR) is 113 cm³/mol. The van der Waals surface area contributed by atoms with Crippen LogP contribution < -0.4 is 4.74 Å².